The third kappa shape index (κ3) is 1.68. The fourth-order valence-electron chi connectivity index (χ4n) is 1.06. The van der Waals surface area contributed by atoms with E-state index in [0.29, 0.717) is 12.2 Å². The van der Waals surface area contributed by atoms with E-state index >= 15 is 0 Å². The highest BCUT2D eigenvalue weighted by molar-refractivity contribution is 5.48. The van der Waals surface area contributed by atoms with E-state index in [1.54, 1.807) is 13.2 Å². The van der Waals surface area contributed by atoms with Crippen LogP contribution < -0.4 is 0 Å². The number of ether oxygens (including phenoxy) is 2. The zero-order valence-corrected chi connectivity index (χ0v) is 7.20. The van der Waals surface area contributed by atoms with Crippen molar-refractivity contribution in [3.05, 3.63) is 35.3 Å². The van der Waals surface area contributed by atoms with Crippen LogP contribution in [0.25, 0.3) is 0 Å². The van der Waals surface area contributed by atoms with Crippen LogP contribution in [0.4, 0.5) is 0 Å². The molecule has 0 aromatic rings. The van der Waals surface area contributed by atoms with E-state index in [4.69, 9.17) is 9.47 Å². The number of aliphatic hydroxyl groups is 1. The molecule has 0 aromatic heterocycles. The monoisotopic (exact) mass is 168 g/mol. The number of hydrogen-bond acceptors (Lipinski definition) is 3. The predicted molar refractivity (Wildman–Crippen MR) is 45.8 cm³/mol. The molecular formula is C9H12O3. The molecular weight excluding hydrogens is 156 g/mol. The van der Waals surface area contributed by atoms with E-state index in [-0.39, 0.29) is 5.95 Å². The lowest BCUT2D eigenvalue weighted by Crippen LogP contribution is -1.98. The summed E-state index contributed by atoms with van der Waals surface area (Å²) in [5.41, 5.74) is 1.62. The van der Waals surface area contributed by atoms with Crippen LogP contribution >= 0.6 is 0 Å². The Morgan fingerprint density at radius 3 is 2.83 bits per heavy atom. The number of allylic oxidation sites excluding steroid dienone is 3. The second-order valence-electron chi connectivity index (χ2n) is 2.41. The summed E-state index contributed by atoms with van der Waals surface area (Å²) >= 11 is 0. The van der Waals surface area contributed by atoms with Gasteiger partial charge in [-0.25, -0.2) is 0 Å². The van der Waals surface area contributed by atoms with Gasteiger partial charge in [0.2, 0.25) is 0 Å². The molecule has 0 atom stereocenters. The van der Waals surface area contributed by atoms with E-state index < -0.39 is 0 Å². The molecule has 1 N–H and O–H groups in total. The van der Waals surface area contributed by atoms with Gasteiger partial charge in [0.25, 0.3) is 5.95 Å². The first kappa shape index (κ1) is 8.87. The van der Waals surface area contributed by atoms with Crippen LogP contribution in [0.15, 0.2) is 35.3 Å². The van der Waals surface area contributed by atoms with Crippen molar-refractivity contribution in [2.24, 2.45) is 0 Å². The molecule has 0 radical (unpaired) electrons. The minimum absolute atomic E-state index is 0.0629. The Kier molecular flexibility index (Phi) is 2.94. The van der Waals surface area contributed by atoms with Gasteiger partial charge in [-0.2, -0.15) is 0 Å². The summed E-state index contributed by atoms with van der Waals surface area (Å²) in [6, 6.07) is 0. The first-order valence-electron chi connectivity index (χ1n) is 3.63. The van der Waals surface area contributed by atoms with Gasteiger partial charge in [-0.05, 0) is 11.6 Å². The molecule has 0 saturated heterocycles. The van der Waals surface area contributed by atoms with Gasteiger partial charge in [0, 0.05) is 7.11 Å². The summed E-state index contributed by atoms with van der Waals surface area (Å²) in [5, 5.41) is 9.26. The summed E-state index contributed by atoms with van der Waals surface area (Å²) in [6.07, 6.45) is 5.51. The molecule has 0 bridgehead atoms. The number of rotatable bonds is 3. The van der Waals surface area contributed by atoms with Crippen LogP contribution in [0.1, 0.15) is 0 Å². The maximum Gasteiger partial charge on any atom is 0.284 e. The Balaban J connectivity index is 2.79. The molecule has 3 nitrogen and oxygen atoms in total. The third-order valence-corrected chi connectivity index (χ3v) is 1.63. The minimum atomic E-state index is -0.0629. The molecule has 0 saturated carbocycles. The van der Waals surface area contributed by atoms with Gasteiger partial charge in [0.1, 0.15) is 0 Å². The van der Waals surface area contributed by atoms with Crippen molar-refractivity contribution in [3.63, 3.8) is 0 Å². The standard InChI is InChI=1S/C9H12O3/c1-11-6-7-4-3-5-8(7)9(10)12-2/h3-5,10H,6H2,1-2H3. The third-order valence-electron chi connectivity index (χ3n) is 1.63. The highest BCUT2D eigenvalue weighted by atomic mass is 16.6. The molecule has 0 aromatic carbocycles. The van der Waals surface area contributed by atoms with Crippen LogP contribution in [-0.2, 0) is 9.47 Å². The Hall–Kier alpha value is -1.22. The molecule has 1 aliphatic carbocycles. The second kappa shape index (κ2) is 3.97. The highest BCUT2D eigenvalue weighted by Crippen LogP contribution is 2.21. The maximum atomic E-state index is 9.26. The highest BCUT2D eigenvalue weighted by Gasteiger charge is 2.11. The first-order chi connectivity index (χ1) is 5.79. The molecule has 0 aliphatic heterocycles. The van der Waals surface area contributed by atoms with E-state index in [9.17, 15) is 5.11 Å². The Labute approximate surface area is 71.6 Å². The molecule has 0 amide bonds. The lowest BCUT2D eigenvalue weighted by molar-refractivity contribution is 0.132. The molecule has 1 aliphatic rings. The molecule has 12 heavy (non-hydrogen) atoms. The average molecular weight is 168 g/mol. The summed E-state index contributed by atoms with van der Waals surface area (Å²) in [5.74, 6) is -0.0629. The van der Waals surface area contributed by atoms with Gasteiger partial charge < -0.3 is 14.6 Å². The van der Waals surface area contributed by atoms with E-state index in [1.165, 1.54) is 7.11 Å². The topological polar surface area (TPSA) is 38.7 Å². The zero-order chi connectivity index (χ0) is 8.97. The predicted octanol–water partition coefficient (Wildman–Crippen LogP) is 1.55. The van der Waals surface area contributed by atoms with E-state index in [0.717, 1.165) is 5.57 Å². The summed E-state index contributed by atoms with van der Waals surface area (Å²) in [7, 11) is 3.04. The molecule has 0 unspecified atom stereocenters. The van der Waals surface area contributed by atoms with Crippen LogP contribution in [0.2, 0.25) is 0 Å². The van der Waals surface area contributed by atoms with Crippen molar-refractivity contribution >= 4 is 0 Å². The molecule has 66 valence electrons. The summed E-state index contributed by atoms with van der Waals surface area (Å²) < 4.78 is 9.64. The van der Waals surface area contributed by atoms with Gasteiger partial charge in [-0.15, -0.1) is 0 Å². The fourth-order valence-corrected chi connectivity index (χ4v) is 1.06. The van der Waals surface area contributed by atoms with Crippen molar-refractivity contribution in [1.29, 1.82) is 0 Å². The van der Waals surface area contributed by atoms with Crippen LogP contribution in [0.5, 0.6) is 0 Å². The molecule has 3 heteroatoms. The van der Waals surface area contributed by atoms with Crippen LogP contribution in [0.3, 0.4) is 0 Å². The lowest BCUT2D eigenvalue weighted by Gasteiger charge is -2.05. The zero-order valence-electron chi connectivity index (χ0n) is 7.20. The number of methoxy groups -OCH3 is 2. The number of hydrogen-bond donors (Lipinski definition) is 1. The lowest BCUT2D eigenvalue weighted by atomic mass is 10.1. The van der Waals surface area contributed by atoms with Crippen molar-refractivity contribution < 1.29 is 14.6 Å². The van der Waals surface area contributed by atoms with Crippen molar-refractivity contribution in [2.45, 2.75) is 0 Å². The van der Waals surface area contributed by atoms with Gasteiger partial charge in [-0.1, -0.05) is 12.2 Å². The van der Waals surface area contributed by atoms with Gasteiger partial charge in [-0.3, -0.25) is 0 Å². The second-order valence-corrected chi connectivity index (χ2v) is 2.41. The normalized spacial score (nSPS) is 19.3. The number of aliphatic hydroxyl groups excluding tert-OH is 1. The molecule has 0 heterocycles. The van der Waals surface area contributed by atoms with Gasteiger partial charge in [0.05, 0.1) is 19.3 Å². The SMILES string of the molecule is COCC1=CC=CC1=C(O)OC. The van der Waals surface area contributed by atoms with Crippen molar-refractivity contribution in [3.8, 4) is 0 Å². The Morgan fingerprint density at radius 2 is 2.25 bits per heavy atom. The summed E-state index contributed by atoms with van der Waals surface area (Å²) in [4.78, 5) is 0. The van der Waals surface area contributed by atoms with Crippen LogP contribution in [0, 0.1) is 0 Å². The first-order valence-corrected chi connectivity index (χ1v) is 3.63. The maximum absolute atomic E-state index is 9.26. The molecule has 1 rings (SSSR count). The largest absolute Gasteiger partial charge is 0.481 e. The van der Waals surface area contributed by atoms with Crippen molar-refractivity contribution in [2.75, 3.05) is 20.8 Å². The molecule has 0 spiro atoms. The van der Waals surface area contributed by atoms with Gasteiger partial charge >= 0.3 is 0 Å². The van der Waals surface area contributed by atoms with E-state index in [1.807, 2.05) is 12.2 Å². The molecule has 0 fully saturated rings. The van der Waals surface area contributed by atoms with Crippen molar-refractivity contribution in [1.82, 2.24) is 0 Å². The quantitative estimate of drug-likeness (QED) is 0.650. The van der Waals surface area contributed by atoms with Crippen LogP contribution in [-0.4, -0.2) is 25.9 Å². The Bertz CT molecular complexity index is 248. The van der Waals surface area contributed by atoms with E-state index in [2.05, 4.69) is 0 Å². The fraction of sp³-hybridized carbons (Fsp3) is 0.333. The minimum Gasteiger partial charge on any atom is -0.481 e. The Morgan fingerprint density at radius 1 is 1.50 bits per heavy atom. The summed E-state index contributed by atoms with van der Waals surface area (Å²) in [6.45, 7) is 0.482. The smallest absolute Gasteiger partial charge is 0.284 e. The average Bonchev–Trinajstić information content (AvgIpc) is 2.52. The van der Waals surface area contributed by atoms with Gasteiger partial charge in [0.15, 0.2) is 0 Å².